The lowest BCUT2D eigenvalue weighted by Crippen LogP contribution is -2.24. The fourth-order valence-electron chi connectivity index (χ4n) is 1.82. The molecule has 2 nitrogen and oxygen atoms in total. The summed E-state index contributed by atoms with van der Waals surface area (Å²) in [5, 5.41) is 0. The van der Waals surface area contributed by atoms with Crippen LogP contribution >= 0.6 is 0 Å². The second-order valence-electron chi connectivity index (χ2n) is 5.33. The summed E-state index contributed by atoms with van der Waals surface area (Å²) in [6.45, 7) is 10.7. The highest BCUT2D eigenvalue weighted by Gasteiger charge is 2.21. The van der Waals surface area contributed by atoms with E-state index in [-0.39, 0.29) is 12.1 Å². The van der Waals surface area contributed by atoms with Gasteiger partial charge in [-0.25, -0.2) is 0 Å². The van der Waals surface area contributed by atoms with Crippen molar-refractivity contribution < 1.29 is 4.74 Å². The SMILES string of the molecule is CC(C)Oc1ccccc1C(N)C(C)C(C)C. The average Bonchev–Trinajstić information content (AvgIpc) is 2.27. The van der Waals surface area contributed by atoms with E-state index >= 15 is 0 Å². The molecule has 0 saturated carbocycles. The summed E-state index contributed by atoms with van der Waals surface area (Å²) in [5.41, 5.74) is 7.45. The fraction of sp³-hybridized carbons (Fsp3) is 0.600. The Morgan fingerprint density at radius 2 is 1.59 bits per heavy atom. The van der Waals surface area contributed by atoms with Gasteiger partial charge in [0, 0.05) is 11.6 Å². The smallest absolute Gasteiger partial charge is 0.124 e. The van der Waals surface area contributed by atoms with E-state index in [1.165, 1.54) is 0 Å². The Labute approximate surface area is 105 Å². The van der Waals surface area contributed by atoms with E-state index in [4.69, 9.17) is 10.5 Å². The maximum absolute atomic E-state index is 6.34. The van der Waals surface area contributed by atoms with Crippen LogP contribution in [0.2, 0.25) is 0 Å². The van der Waals surface area contributed by atoms with Gasteiger partial charge in [0.2, 0.25) is 0 Å². The van der Waals surface area contributed by atoms with E-state index in [1.807, 2.05) is 32.0 Å². The van der Waals surface area contributed by atoms with Crippen molar-refractivity contribution in [2.75, 3.05) is 0 Å². The van der Waals surface area contributed by atoms with Gasteiger partial charge in [0.1, 0.15) is 5.75 Å². The number of rotatable bonds is 5. The Hall–Kier alpha value is -1.02. The molecule has 0 saturated heterocycles. The summed E-state index contributed by atoms with van der Waals surface area (Å²) in [7, 11) is 0. The van der Waals surface area contributed by atoms with Crippen LogP contribution in [0.15, 0.2) is 24.3 Å². The molecule has 0 heterocycles. The number of ether oxygens (including phenoxy) is 1. The van der Waals surface area contributed by atoms with Crippen molar-refractivity contribution in [2.45, 2.75) is 46.8 Å². The van der Waals surface area contributed by atoms with Crippen LogP contribution in [-0.2, 0) is 0 Å². The summed E-state index contributed by atoms with van der Waals surface area (Å²) in [6, 6.07) is 8.12. The Morgan fingerprint density at radius 1 is 1.00 bits per heavy atom. The largest absolute Gasteiger partial charge is 0.491 e. The molecule has 0 fully saturated rings. The maximum Gasteiger partial charge on any atom is 0.124 e. The van der Waals surface area contributed by atoms with Crippen molar-refractivity contribution >= 4 is 0 Å². The molecule has 17 heavy (non-hydrogen) atoms. The van der Waals surface area contributed by atoms with Gasteiger partial charge in [0.05, 0.1) is 6.10 Å². The summed E-state index contributed by atoms with van der Waals surface area (Å²) >= 11 is 0. The lowest BCUT2D eigenvalue weighted by molar-refractivity contribution is 0.234. The zero-order valence-corrected chi connectivity index (χ0v) is 11.6. The van der Waals surface area contributed by atoms with Crippen molar-refractivity contribution in [3.05, 3.63) is 29.8 Å². The summed E-state index contributed by atoms with van der Waals surface area (Å²) in [5.74, 6) is 1.92. The highest BCUT2D eigenvalue weighted by atomic mass is 16.5. The standard InChI is InChI=1S/C15H25NO/c1-10(2)12(5)15(16)13-8-6-7-9-14(13)17-11(3)4/h6-12,15H,16H2,1-5H3. The first-order valence-corrected chi connectivity index (χ1v) is 6.44. The van der Waals surface area contributed by atoms with E-state index in [1.54, 1.807) is 0 Å². The molecule has 0 spiro atoms. The molecule has 0 aromatic heterocycles. The monoisotopic (exact) mass is 235 g/mol. The second-order valence-corrected chi connectivity index (χ2v) is 5.33. The molecule has 2 atom stereocenters. The van der Waals surface area contributed by atoms with E-state index in [9.17, 15) is 0 Å². The summed E-state index contributed by atoms with van der Waals surface area (Å²) in [6.07, 6.45) is 0.178. The molecule has 0 aliphatic rings. The van der Waals surface area contributed by atoms with Crippen LogP contribution in [0.4, 0.5) is 0 Å². The van der Waals surface area contributed by atoms with Gasteiger partial charge in [0.25, 0.3) is 0 Å². The Bertz CT molecular complexity index is 347. The third kappa shape index (κ3) is 3.74. The number of hydrogen-bond acceptors (Lipinski definition) is 2. The molecular weight excluding hydrogens is 210 g/mol. The zero-order chi connectivity index (χ0) is 13.0. The van der Waals surface area contributed by atoms with Crippen molar-refractivity contribution in [2.24, 2.45) is 17.6 Å². The zero-order valence-electron chi connectivity index (χ0n) is 11.6. The molecular formula is C15H25NO. The van der Waals surface area contributed by atoms with Gasteiger partial charge >= 0.3 is 0 Å². The first-order valence-electron chi connectivity index (χ1n) is 6.44. The predicted octanol–water partition coefficient (Wildman–Crippen LogP) is 3.77. The molecule has 2 N–H and O–H groups in total. The van der Waals surface area contributed by atoms with Crippen LogP contribution in [0.1, 0.15) is 46.2 Å². The van der Waals surface area contributed by atoms with E-state index < -0.39 is 0 Å². The third-order valence-electron chi connectivity index (χ3n) is 3.26. The van der Waals surface area contributed by atoms with Gasteiger partial charge in [-0.2, -0.15) is 0 Å². The van der Waals surface area contributed by atoms with Crippen molar-refractivity contribution in [3.8, 4) is 5.75 Å². The molecule has 1 aromatic carbocycles. The quantitative estimate of drug-likeness (QED) is 0.843. The van der Waals surface area contributed by atoms with Crippen LogP contribution < -0.4 is 10.5 Å². The number of nitrogens with two attached hydrogens (primary N) is 1. The van der Waals surface area contributed by atoms with Crippen LogP contribution in [0.25, 0.3) is 0 Å². The summed E-state index contributed by atoms with van der Waals surface area (Å²) < 4.78 is 5.82. The van der Waals surface area contributed by atoms with Gasteiger partial charge < -0.3 is 10.5 Å². The summed E-state index contributed by atoms with van der Waals surface area (Å²) in [4.78, 5) is 0. The van der Waals surface area contributed by atoms with E-state index in [0.717, 1.165) is 11.3 Å². The number of benzene rings is 1. The molecule has 1 rings (SSSR count). The maximum atomic E-state index is 6.34. The number of para-hydroxylation sites is 1. The molecule has 0 aliphatic heterocycles. The first-order chi connectivity index (χ1) is 7.93. The van der Waals surface area contributed by atoms with E-state index in [0.29, 0.717) is 11.8 Å². The average molecular weight is 235 g/mol. The lowest BCUT2D eigenvalue weighted by Gasteiger charge is -2.26. The van der Waals surface area contributed by atoms with Crippen LogP contribution in [0.5, 0.6) is 5.75 Å². The van der Waals surface area contributed by atoms with Crippen molar-refractivity contribution in [3.63, 3.8) is 0 Å². The topological polar surface area (TPSA) is 35.2 Å². The van der Waals surface area contributed by atoms with E-state index in [2.05, 4.69) is 26.8 Å². The molecule has 96 valence electrons. The second kappa shape index (κ2) is 6.06. The predicted molar refractivity (Wildman–Crippen MR) is 73.1 cm³/mol. The van der Waals surface area contributed by atoms with Gasteiger partial charge in [-0.3, -0.25) is 0 Å². The minimum atomic E-state index is 0.0324. The lowest BCUT2D eigenvalue weighted by atomic mass is 9.86. The Kier molecular flexibility index (Phi) is 5.01. The van der Waals surface area contributed by atoms with Crippen LogP contribution in [0.3, 0.4) is 0 Å². The molecule has 2 heteroatoms. The minimum absolute atomic E-state index is 0.0324. The normalized spacial score (nSPS) is 15.1. The Balaban J connectivity index is 2.96. The van der Waals surface area contributed by atoms with Crippen LogP contribution in [0, 0.1) is 11.8 Å². The number of hydrogen-bond donors (Lipinski definition) is 1. The third-order valence-corrected chi connectivity index (χ3v) is 3.26. The van der Waals surface area contributed by atoms with Gasteiger partial charge in [-0.05, 0) is 31.7 Å². The van der Waals surface area contributed by atoms with Crippen molar-refractivity contribution in [1.82, 2.24) is 0 Å². The molecule has 0 aliphatic carbocycles. The highest BCUT2D eigenvalue weighted by Crippen LogP contribution is 2.32. The van der Waals surface area contributed by atoms with Gasteiger partial charge in [-0.15, -0.1) is 0 Å². The minimum Gasteiger partial charge on any atom is -0.491 e. The van der Waals surface area contributed by atoms with Crippen molar-refractivity contribution in [1.29, 1.82) is 0 Å². The van der Waals surface area contributed by atoms with Crippen LogP contribution in [-0.4, -0.2) is 6.10 Å². The first kappa shape index (κ1) is 14.0. The van der Waals surface area contributed by atoms with Gasteiger partial charge in [0.15, 0.2) is 0 Å². The molecule has 0 radical (unpaired) electrons. The highest BCUT2D eigenvalue weighted by molar-refractivity contribution is 5.36. The Morgan fingerprint density at radius 3 is 2.12 bits per heavy atom. The molecule has 0 bridgehead atoms. The van der Waals surface area contributed by atoms with Gasteiger partial charge in [-0.1, -0.05) is 39.0 Å². The molecule has 1 aromatic rings. The molecule has 0 amide bonds. The fourth-order valence-corrected chi connectivity index (χ4v) is 1.82. The molecule has 2 unspecified atom stereocenters.